The van der Waals surface area contributed by atoms with Crippen molar-refractivity contribution in [1.29, 1.82) is 0 Å². The van der Waals surface area contributed by atoms with Crippen molar-refractivity contribution >= 4 is 15.9 Å². The first kappa shape index (κ1) is 14.9. The molecule has 0 saturated heterocycles. The summed E-state index contributed by atoms with van der Waals surface area (Å²) in [6.07, 6.45) is 9.09. The van der Waals surface area contributed by atoms with Crippen molar-refractivity contribution in [2.75, 3.05) is 13.7 Å². The molecule has 0 bridgehead atoms. The van der Waals surface area contributed by atoms with Crippen molar-refractivity contribution < 1.29 is 4.74 Å². The van der Waals surface area contributed by atoms with Gasteiger partial charge in [0.25, 0.3) is 0 Å². The minimum Gasteiger partial charge on any atom is -0.496 e. The molecule has 1 aromatic rings. The van der Waals surface area contributed by atoms with Crippen LogP contribution in [-0.4, -0.2) is 19.7 Å². The molecule has 0 amide bonds. The summed E-state index contributed by atoms with van der Waals surface area (Å²) < 4.78 is 6.53. The number of unbranched alkanes of at least 4 members (excludes halogenated alkanes) is 3. The van der Waals surface area contributed by atoms with E-state index in [1.807, 2.05) is 12.1 Å². The van der Waals surface area contributed by atoms with Gasteiger partial charge in [0.2, 0.25) is 0 Å². The molecule has 1 aliphatic carbocycles. The van der Waals surface area contributed by atoms with Gasteiger partial charge in [-0.1, -0.05) is 28.8 Å². The number of hydrogen-bond acceptors (Lipinski definition) is 2. The average Bonchev–Trinajstić information content (AvgIpc) is 3.22. The molecule has 0 aromatic heterocycles. The second kappa shape index (κ2) is 7.91. The van der Waals surface area contributed by atoms with Crippen LogP contribution in [-0.2, 0) is 6.42 Å². The first-order chi connectivity index (χ1) is 9.29. The molecule has 1 N–H and O–H groups in total. The van der Waals surface area contributed by atoms with Gasteiger partial charge in [0.05, 0.1) is 7.11 Å². The highest BCUT2D eigenvalue weighted by Gasteiger charge is 2.19. The maximum absolute atomic E-state index is 5.40. The minimum atomic E-state index is 0.853. The van der Waals surface area contributed by atoms with E-state index >= 15 is 0 Å². The number of methoxy groups -OCH3 is 1. The molecule has 1 aromatic carbocycles. The number of halogens is 1. The first-order valence-corrected chi connectivity index (χ1v) is 8.14. The van der Waals surface area contributed by atoms with Gasteiger partial charge < -0.3 is 10.1 Å². The van der Waals surface area contributed by atoms with E-state index in [0.29, 0.717) is 0 Å². The molecule has 0 atom stereocenters. The van der Waals surface area contributed by atoms with Crippen molar-refractivity contribution in [2.24, 2.45) is 0 Å². The number of rotatable bonds is 9. The minimum absolute atomic E-state index is 0.853. The fraction of sp³-hybridized carbons (Fsp3) is 0.625. The van der Waals surface area contributed by atoms with E-state index in [4.69, 9.17) is 4.74 Å². The summed E-state index contributed by atoms with van der Waals surface area (Å²) in [4.78, 5) is 0. The van der Waals surface area contributed by atoms with Crippen molar-refractivity contribution in [3.63, 3.8) is 0 Å². The number of nitrogens with one attached hydrogen (secondary N) is 1. The first-order valence-electron chi connectivity index (χ1n) is 7.35. The molecule has 1 aliphatic rings. The maximum atomic E-state index is 5.40. The summed E-state index contributed by atoms with van der Waals surface area (Å²) in [5.41, 5.74) is 1.31. The summed E-state index contributed by atoms with van der Waals surface area (Å²) in [6.45, 7) is 1.20. The third kappa shape index (κ3) is 5.53. The van der Waals surface area contributed by atoms with E-state index < -0.39 is 0 Å². The van der Waals surface area contributed by atoms with Crippen LogP contribution in [0, 0.1) is 0 Å². The Bertz CT molecular complexity index is 390. The fourth-order valence-electron chi connectivity index (χ4n) is 2.33. The lowest BCUT2D eigenvalue weighted by Gasteiger charge is -2.09. The van der Waals surface area contributed by atoms with Gasteiger partial charge in [-0.3, -0.25) is 0 Å². The van der Waals surface area contributed by atoms with Gasteiger partial charge in [-0.2, -0.15) is 0 Å². The van der Waals surface area contributed by atoms with Crippen LogP contribution in [0.2, 0.25) is 0 Å². The van der Waals surface area contributed by atoms with E-state index in [0.717, 1.165) is 22.7 Å². The van der Waals surface area contributed by atoms with E-state index in [2.05, 4.69) is 27.3 Å². The maximum Gasteiger partial charge on any atom is 0.122 e. The SMILES string of the molecule is COc1ccc(Br)cc1CCCCCCNC1CC1. The molecule has 2 rings (SSSR count). The van der Waals surface area contributed by atoms with Crippen molar-refractivity contribution in [2.45, 2.75) is 51.0 Å². The topological polar surface area (TPSA) is 21.3 Å². The van der Waals surface area contributed by atoms with Gasteiger partial charge in [-0.05, 0) is 62.4 Å². The van der Waals surface area contributed by atoms with Gasteiger partial charge in [-0.25, -0.2) is 0 Å². The molecule has 1 fully saturated rings. The summed E-state index contributed by atoms with van der Waals surface area (Å²) >= 11 is 3.52. The Hall–Kier alpha value is -0.540. The molecule has 2 nitrogen and oxygen atoms in total. The second-order valence-corrected chi connectivity index (χ2v) is 6.26. The molecule has 3 heteroatoms. The Balaban J connectivity index is 1.60. The van der Waals surface area contributed by atoms with Crippen molar-refractivity contribution in [3.05, 3.63) is 28.2 Å². The Morgan fingerprint density at radius 3 is 2.74 bits per heavy atom. The molecule has 19 heavy (non-hydrogen) atoms. The second-order valence-electron chi connectivity index (χ2n) is 5.35. The zero-order chi connectivity index (χ0) is 13.5. The monoisotopic (exact) mass is 325 g/mol. The lowest BCUT2D eigenvalue weighted by atomic mass is 10.1. The van der Waals surface area contributed by atoms with Crippen molar-refractivity contribution in [1.82, 2.24) is 5.32 Å². The van der Waals surface area contributed by atoms with Crippen LogP contribution in [0.3, 0.4) is 0 Å². The number of aryl methyl sites for hydroxylation is 1. The van der Waals surface area contributed by atoms with Crippen LogP contribution in [0.4, 0.5) is 0 Å². The third-order valence-corrected chi connectivity index (χ3v) is 4.12. The Morgan fingerprint density at radius 2 is 2.00 bits per heavy atom. The summed E-state index contributed by atoms with van der Waals surface area (Å²) in [5.74, 6) is 1.01. The molecule has 0 radical (unpaired) electrons. The highest BCUT2D eigenvalue weighted by molar-refractivity contribution is 9.10. The Labute approximate surface area is 125 Å². The molecule has 0 aliphatic heterocycles. The van der Waals surface area contributed by atoms with Crippen LogP contribution in [0.1, 0.15) is 44.1 Å². The van der Waals surface area contributed by atoms with Crippen LogP contribution in [0.15, 0.2) is 22.7 Å². The lowest BCUT2D eigenvalue weighted by molar-refractivity contribution is 0.408. The number of hydrogen-bond donors (Lipinski definition) is 1. The molecule has 106 valence electrons. The molecular formula is C16H24BrNO. The average molecular weight is 326 g/mol. The highest BCUT2D eigenvalue weighted by atomic mass is 79.9. The number of benzene rings is 1. The third-order valence-electron chi connectivity index (χ3n) is 3.63. The zero-order valence-electron chi connectivity index (χ0n) is 11.8. The highest BCUT2D eigenvalue weighted by Crippen LogP contribution is 2.24. The predicted octanol–water partition coefficient (Wildman–Crippen LogP) is 4.31. The Kier molecular flexibility index (Phi) is 6.18. The summed E-state index contributed by atoms with van der Waals surface area (Å²) in [5, 5.41) is 3.56. The van der Waals surface area contributed by atoms with E-state index in [1.54, 1.807) is 7.11 Å². The molecule has 0 spiro atoms. The summed E-state index contributed by atoms with van der Waals surface area (Å²) in [6, 6.07) is 7.10. The molecule has 0 unspecified atom stereocenters. The van der Waals surface area contributed by atoms with Gasteiger partial charge in [0.1, 0.15) is 5.75 Å². The molecule has 1 saturated carbocycles. The predicted molar refractivity (Wildman–Crippen MR) is 83.9 cm³/mol. The van der Waals surface area contributed by atoms with Crippen LogP contribution < -0.4 is 10.1 Å². The van der Waals surface area contributed by atoms with Crippen LogP contribution in [0.5, 0.6) is 5.75 Å². The number of ether oxygens (including phenoxy) is 1. The molecular weight excluding hydrogens is 302 g/mol. The standard InChI is InChI=1S/C16H24BrNO/c1-19-16-10-7-14(17)12-13(16)6-4-2-3-5-11-18-15-8-9-15/h7,10,12,15,18H,2-6,8-9,11H2,1H3. The lowest BCUT2D eigenvalue weighted by Crippen LogP contribution is -2.17. The smallest absolute Gasteiger partial charge is 0.122 e. The van der Waals surface area contributed by atoms with Crippen LogP contribution >= 0.6 is 15.9 Å². The van der Waals surface area contributed by atoms with E-state index in [1.165, 1.54) is 50.6 Å². The zero-order valence-corrected chi connectivity index (χ0v) is 13.3. The van der Waals surface area contributed by atoms with E-state index in [-0.39, 0.29) is 0 Å². The fourth-order valence-corrected chi connectivity index (χ4v) is 2.74. The van der Waals surface area contributed by atoms with Gasteiger partial charge >= 0.3 is 0 Å². The summed E-state index contributed by atoms with van der Waals surface area (Å²) in [7, 11) is 1.75. The largest absolute Gasteiger partial charge is 0.496 e. The molecule has 0 heterocycles. The van der Waals surface area contributed by atoms with Gasteiger partial charge in [-0.15, -0.1) is 0 Å². The Morgan fingerprint density at radius 1 is 1.21 bits per heavy atom. The van der Waals surface area contributed by atoms with Gasteiger partial charge in [0.15, 0.2) is 0 Å². The van der Waals surface area contributed by atoms with Crippen molar-refractivity contribution in [3.8, 4) is 5.75 Å². The quantitative estimate of drug-likeness (QED) is 0.683. The van der Waals surface area contributed by atoms with Crippen LogP contribution in [0.25, 0.3) is 0 Å². The van der Waals surface area contributed by atoms with E-state index in [9.17, 15) is 0 Å². The normalized spacial score (nSPS) is 14.6. The van der Waals surface area contributed by atoms with Gasteiger partial charge in [0, 0.05) is 10.5 Å².